The van der Waals surface area contributed by atoms with Crippen LogP contribution in [0.5, 0.6) is 0 Å². The molecule has 1 atom stereocenters. The summed E-state index contributed by atoms with van der Waals surface area (Å²) in [7, 11) is 0. The molecule has 0 saturated carbocycles. The predicted octanol–water partition coefficient (Wildman–Crippen LogP) is 2.84. The lowest BCUT2D eigenvalue weighted by Crippen LogP contribution is -2.25. The van der Waals surface area contributed by atoms with Crippen LogP contribution < -0.4 is 16.0 Å². The van der Waals surface area contributed by atoms with Gasteiger partial charge in [-0.3, -0.25) is 9.59 Å². The van der Waals surface area contributed by atoms with E-state index in [1.807, 2.05) is 6.92 Å². The van der Waals surface area contributed by atoms with Crippen LogP contribution in [0.4, 0.5) is 5.69 Å². The SMILES string of the molecule is CCNC(=O)c1cc(Cl)ccc1NC(=O)CCC1CCNC1.Cl. The molecule has 2 rings (SSSR count). The van der Waals surface area contributed by atoms with Crippen LogP contribution >= 0.6 is 24.0 Å². The normalized spacial score (nSPS) is 16.5. The molecule has 3 N–H and O–H groups in total. The van der Waals surface area contributed by atoms with E-state index in [4.69, 9.17) is 11.6 Å². The van der Waals surface area contributed by atoms with Gasteiger partial charge in [0.15, 0.2) is 0 Å². The number of halogens is 2. The summed E-state index contributed by atoms with van der Waals surface area (Å²) < 4.78 is 0. The summed E-state index contributed by atoms with van der Waals surface area (Å²) in [6.45, 7) is 4.38. The van der Waals surface area contributed by atoms with Crippen LogP contribution in [0, 0.1) is 5.92 Å². The number of anilines is 1. The van der Waals surface area contributed by atoms with E-state index < -0.39 is 0 Å². The molecule has 1 fully saturated rings. The number of carbonyl (C=O) groups excluding carboxylic acids is 2. The van der Waals surface area contributed by atoms with Crippen molar-refractivity contribution >= 4 is 41.5 Å². The molecule has 0 aromatic heterocycles. The van der Waals surface area contributed by atoms with Gasteiger partial charge in [-0.2, -0.15) is 0 Å². The second kappa shape index (κ2) is 9.75. The van der Waals surface area contributed by atoms with Gasteiger partial charge in [0.25, 0.3) is 5.91 Å². The van der Waals surface area contributed by atoms with Gasteiger partial charge in [0, 0.05) is 18.0 Å². The summed E-state index contributed by atoms with van der Waals surface area (Å²) in [4.78, 5) is 24.1. The van der Waals surface area contributed by atoms with E-state index in [9.17, 15) is 9.59 Å². The zero-order chi connectivity index (χ0) is 15.9. The molecule has 1 heterocycles. The van der Waals surface area contributed by atoms with Crippen molar-refractivity contribution in [3.8, 4) is 0 Å². The Kier molecular flexibility index (Phi) is 8.37. The van der Waals surface area contributed by atoms with Gasteiger partial charge in [-0.15, -0.1) is 12.4 Å². The van der Waals surface area contributed by atoms with Crippen molar-refractivity contribution in [2.45, 2.75) is 26.2 Å². The predicted molar refractivity (Wildman–Crippen MR) is 95.5 cm³/mol. The molecule has 0 aliphatic carbocycles. The summed E-state index contributed by atoms with van der Waals surface area (Å²) in [6, 6.07) is 4.91. The molecule has 1 aliphatic rings. The third-order valence-corrected chi connectivity index (χ3v) is 4.01. The molecular weight excluding hydrogens is 337 g/mol. The lowest BCUT2D eigenvalue weighted by atomic mass is 10.0. The van der Waals surface area contributed by atoms with Crippen LogP contribution in [0.2, 0.25) is 5.02 Å². The fraction of sp³-hybridized carbons (Fsp3) is 0.500. The number of rotatable bonds is 6. The molecular formula is C16H23Cl2N3O2. The third-order valence-electron chi connectivity index (χ3n) is 3.78. The minimum atomic E-state index is -0.236. The topological polar surface area (TPSA) is 70.2 Å². The van der Waals surface area contributed by atoms with Crippen LogP contribution in [-0.2, 0) is 4.79 Å². The molecule has 5 nitrogen and oxygen atoms in total. The van der Waals surface area contributed by atoms with Crippen molar-refractivity contribution in [1.82, 2.24) is 10.6 Å². The van der Waals surface area contributed by atoms with Gasteiger partial charge in [0.1, 0.15) is 0 Å². The van der Waals surface area contributed by atoms with E-state index in [0.29, 0.717) is 35.2 Å². The summed E-state index contributed by atoms with van der Waals surface area (Å²) in [5.74, 6) is 0.263. The summed E-state index contributed by atoms with van der Waals surface area (Å²) in [5.41, 5.74) is 0.898. The van der Waals surface area contributed by atoms with Crippen LogP contribution in [0.1, 0.15) is 36.5 Å². The molecule has 0 radical (unpaired) electrons. The molecule has 1 unspecified atom stereocenters. The highest BCUT2D eigenvalue weighted by molar-refractivity contribution is 6.31. The van der Waals surface area contributed by atoms with Crippen molar-refractivity contribution in [3.63, 3.8) is 0 Å². The number of hydrogen-bond donors (Lipinski definition) is 3. The summed E-state index contributed by atoms with van der Waals surface area (Å²) >= 11 is 5.95. The van der Waals surface area contributed by atoms with Crippen LogP contribution in [-0.4, -0.2) is 31.4 Å². The summed E-state index contributed by atoms with van der Waals surface area (Å²) in [5, 5.41) is 9.30. The summed E-state index contributed by atoms with van der Waals surface area (Å²) in [6.07, 6.45) is 2.45. The van der Waals surface area contributed by atoms with Crippen molar-refractivity contribution in [3.05, 3.63) is 28.8 Å². The smallest absolute Gasteiger partial charge is 0.253 e. The van der Waals surface area contributed by atoms with E-state index in [1.54, 1.807) is 18.2 Å². The van der Waals surface area contributed by atoms with Crippen molar-refractivity contribution in [2.75, 3.05) is 25.0 Å². The first-order chi connectivity index (χ1) is 10.6. The van der Waals surface area contributed by atoms with Gasteiger partial charge in [-0.1, -0.05) is 11.6 Å². The molecule has 0 spiro atoms. The number of hydrogen-bond acceptors (Lipinski definition) is 3. The Hall–Kier alpha value is -1.30. The Labute approximate surface area is 148 Å². The minimum Gasteiger partial charge on any atom is -0.352 e. The van der Waals surface area contributed by atoms with Gasteiger partial charge >= 0.3 is 0 Å². The standard InChI is InChI=1S/C16H22ClN3O2.ClH/c1-2-19-16(22)13-9-12(17)4-5-14(13)20-15(21)6-3-11-7-8-18-10-11;/h4-5,9,11,18H,2-3,6-8,10H2,1H3,(H,19,22)(H,20,21);1H. The van der Waals surface area contributed by atoms with Crippen molar-refractivity contribution < 1.29 is 9.59 Å². The Balaban J connectivity index is 0.00000264. The van der Waals surface area contributed by atoms with E-state index in [2.05, 4.69) is 16.0 Å². The average molecular weight is 360 g/mol. The number of nitrogens with one attached hydrogen (secondary N) is 3. The Bertz CT molecular complexity index is 546. The lowest BCUT2D eigenvalue weighted by Gasteiger charge is -2.12. The second-order valence-corrected chi connectivity index (χ2v) is 5.93. The maximum Gasteiger partial charge on any atom is 0.253 e. The number of carbonyl (C=O) groups is 2. The van der Waals surface area contributed by atoms with E-state index in [-0.39, 0.29) is 24.2 Å². The Morgan fingerprint density at radius 2 is 2.17 bits per heavy atom. The highest BCUT2D eigenvalue weighted by Gasteiger charge is 2.17. The maximum absolute atomic E-state index is 12.1. The quantitative estimate of drug-likeness (QED) is 0.731. The Morgan fingerprint density at radius 1 is 1.39 bits per heavy atom. The monoisotopic (exact) mass is 359 g/mol. The van der Waals surface area contributed by atoms with E-state index >= 15 is 0 Å². The van der Waals surface area contributed by atoms with E-state index in [0.717, 1.165) is 25.9 Å². The molecule has 1 aromatic carbocycles. The zero-order valence-electron chi connectivity index (χ0n) is 13.2. The molecule has 23 heavy (non-hydrogen) atoms. The highest BCUT2D eigenvalue weighted by Crippen LogP contribution is 2.22. The van der Waals surface area contributed by atoms with Crippen LogP contribution in [0.15, 0.2) is 18.2 Å². The van der Waals surface area contributed by atoms with Gasteiger partial charge < -0.3 is 16.0 Å². The van der Waals surface area contributed by atoms with Gasteiger partial charge in [0.2, 0.25) is 5.91 Å². The zero-order valence-corrected chi connectivity index (χ0v) is 14.7. The molecule has 128 valence electrons. The largest absolute Gasteiger partial charge is 0.352 e. The number of amides is 2. The fourth-order valence-electron chi connectivity index (χ4n) is 2.58. The fourth-order valence-corrected chi connectivity index (χ4v) is 2.75. The van der Waals surface area contributed by atoms with Gasteiger partial charge in [-0.05, 0) is 57.0 Å². The lowest BCUT2D eigenvalue weighted by molar-refractivity contribution is -0.116. The first-order valence-corrected chi connectivity index (χ1v) is 8.06. The average Bonchev–Trinajstić information content (AvgIpc) is 3.00. The maximum atomic E-state index is 12.1. The first-order valence-electron chi connectivity index (χ1n) is 7.68. The van der Waals surface area contributed by atoms with Crippen molar-refractivity contribution in [2.24, 2.45) is 5.92 Å². The molecule has 1 aliphatic heterocycles. The minimum absolute atomic E-state index is 0. The van der Waals surface area contributed by atoms with Gasteiger partial charge in [0.05, 0.1) is 11.3 Å². The second-order valence-electron chi connectivity index (χ2n) is 5.50. The van der Waals surface area contributed by atoms with Crippen LogP contribution in [0.25, 0.3) is 0 Å². The van der Waals surface area contributed by atoms with E-state index in [1.165, 1.54) is 0 Å². The molecule has 0 bridgehead atoms. The molecule has 2 amide bonds. The third kappa shape index (κ3) is 6.01. The van der Waals surface area contributed by atoms with Gasteiger partial charge in [-0.25, -0.2) is 0 Å². The van der Waals surface area contributed by atoms with Crippen molar-refractivity contribution in [1.29, 1.82) is 0 Å². The Morgan fingerprint density at radius 3 is 2.83 bits per heavy atom. The van der Waals surface area contributed by atoms with Crippen LogP contribution in [0.3, 0.4) is 0 Å². The highest BCUT2D eigenvalue weighted by atomic mass is 35.5. The molecule has 1 aromatic rings. The first kappa shape index (κ1) is 19.7. The number of benzene rings is 1. The molecule has 1 saturated heterocycles. The molecule has 7 heteroatoms.